The zero-order valence-corrected chi connectivity index (χ0v) is 13.3. The molecule has 1 amide bonds. The van der Waals surface area contributed by atoms with Gasteiger partial charge in [0.05, 0.1) is 13.2 Å². The molecule has 0 aromatic carbocycles. The molecule has 0 bridgehead atoms. The highest BCUT2D eigenvalue weighted by molar-refractivity contribution is 5.81. The Morgan fingerprint density at radius 1 is 1.43 bits per heavy atom. The number of ether oxygens (including phenoxy) is 1. The van der Waals surface area contributed by atoms with Gasteiger partial charge in [-0.15, -0.1) is 0 Å². The van der Waals surface area contributed by atoms with Gasteiger partial charge < -0.3 is 20.7 Å². The van der Waals surface area contributed by atoms with Crippen LogP contribution in [0.25, 0.3) is 0 Å². The molecule has 0 radical (unpaired) electrons. The van der Waals surface area contributed by atoms with Crippen molar-refractivity contribution in [1.29, 1.82) is 0 Å². The Kier molecular flexibility index (Phi) is 6.87. The number of nitrogens with zero attached hydrogens (tertiary/aromatic N) is 3. The Morgan fingerprint density at radius 3 is 2.76 bits per heavy atom. The van der Waals surface area contributed by atoms with E-state index in [-0.39, 0.29) is 12.5 Å². The van der Waals surface area contributed by atoms with Gasteiger partial charge in [-0.05, 0) is 13.3 Å². The summed E-state index contributed by atoms with van der Waals surface area (Å²) in [5.74, 6) is 1.80. The van der Waals surface area contributed by atoms with Crippen molar-refractivity contribution in [3.05, 3.63) is 11.4 Å². The summed E-state index contributed by atoms with van der Waals surface area (Å²) in [5.41, 5.74) is 6.72. The molecule has 7 nitrogen and oxygen atoms in total. The van der Waals surface area contributed by atoms with E-state index in [9.17, 15) is 4.79 Å². The van der Waals surface area contributed by atoms with Crippen molar-refractivity contribution in [3.63, 3.8) is 0 Å². The summed E-state index contributed by atoms with van der Waals surface area (Å²) in [6.07, 6.45) is 1.72. The highest BCUT2D eigenvalue weighted by atomic mass is 16.5. The Labute approximate surface area is 125 Å². The van der Waals surface area contributed by atoms with Crippen molar-refractivity contribution in [2.75, 3.05) is 44.5 Å². The number of methoxy groups -OCH3 is 1. The number of likely N-dealkylation sites (N-methyl/N-ethyl adjacent to an activating group) is 1. The van der Waals surface area contributed by atoms with E-state index >= 15 is 0 Å². The molecule has 0 aliphatic heterocycles. The molecule has 0 aliphatic carbocycles. The van der Waals surface area contributed by atoms with Crippen LogP contribution < -0.4 is 16.0 Å². The largest absolute Gasteiger partial charge is 0.383 e. The molecule has 1 heterocycles. The second kappa shape index (κ2) is 8.41. The Balaban J connectivity index is 2.76. The lowest BCUT2D eigenvalue weighted by molar-refractivity contribution is -0.119. The average Bonchev–Trinajstić information content (AvgIpc) is 2.43. The fourth-order valence-electron chi connectivity index (χ4n) is 1.91. The molecule has 118 valence electrons. The Bertz CT molecular complexity index is 479. The van der Waals surface area contributed by atoms with Crippen molar-refractivity contribution in [3.8, 4) is 0 Å². The molecule has 0 unspecified atom stereocenters. The van der Waals surface area contributed by atoms with Crippen LogP contribution in [0.2, 0.25) is 0 Å². The standard InChI is InChI=1S/C14H25N5O2/c1-5-6-11-17-13(15)10(2)14(18-11)19(3)9-12(20)16-7-8-21-4/h5-9H2,1-4H3,(H,16,20)(H2,15,17,18). The van der Waals surface area contributed by atoms with Crippen molar-refractivity contribution < 1.29 is 9.53 Å². The summed E-state index contributed by atoms with van der Waals surface area (Å²) in [6.45, 7) is 5.13. The molecule has 0 atom stereocenters. The van der Waals surface area contributed by atoms with Crippen LogP contribution in [0.3, 0.4) is 0 Å². The third-order valence-corrected chi connectivity index (χ3v) is 3.05. The molecule has 1 rings (SSSR count). The topological polar surface area (TPSA) is 93.4 Å². The average molecular weight is 295 g/mol. The number of carbonyl (C=O) groups is 1. The number of carbonyl (C=O) groups excluding carboxylic acids is 1. The predicted molar refractivity (Wildman–Crippen MR) is 83.3 cm³/mol. The molecule has 1 aromatic heterocycles. The molecule has 3 N–H and O–H groups in total. The van der Waals surface area contributed by atoms with E-state index in [2.05, 4.69) is 22.2 Å². The third kappa shape index (κ3) is 5.18. The van der Waals surface area contributed by atoms with E-state index in [1.807, 2.05) is 14.0 Å². The first kappa shape index (κ1) is 17.2. The maximum Gasteiger partial charge on any atom is 0.239 e. The number of aromatic nitrogens is 2. The third-order valence-electron chi connectivity index (χ3n) is 3.05. The van der Waals surface area contributed by atoms with Gasteiger partial charge in [0.25, 0.3) is 0 Å². The van der Waals surface area contributed by atoms with Gasteiger partial charge in [-0.1, -0.05) is 6.92 Å². The van der Waals surface area contributed by atoms with Crippen molar-refractivity contribution in [2.45, 2.75) is 26.7 Å². The van der Waals surface area contributed by atoms with E-state index in [1.165, 1.54) is 0 Å². The zero-order valence-electron chi connectivity index (χ0n) is 13.3. The van der Waals surface area contributed by atoms with Gasteiger partial charge >= 0.3 is 0 Å². The monoisotopic (exact) mass is 295 g/mol. The summed E-state index contributed by atoms with van der Waals surface area (Å²) in [7, 11) is 3.42. The number of aryl methyl sites for hydroxylation is 1. The van der Waals surface area contributed by atoms with E-state index in [0.29, 0.717) is 30.6 Å². The Hall–Kier alpha value is -1.89. The normalized spacial score (nSPS) is 10.5. The minimum atomic E-state index is -0.0804. The molecule has 0 saturated carbocycles. The van der Waals surface area contributed by atoms with Gasteiger partial charge in [-0.2, -0.15) is 0 Å². The number of hydrogen-bond acceptors (Lipinski definition) is 6. The molecule has 0 spiro atoms. The van der Waals surface area contributed by atoms with Gasteiger partial charge in [0.15, 0.2) is 0 Å². The summed E-state index contributed by atoms with van der Waals surface area (Å²) in [4.78, 5) is 22.4. The minimum Gasteiger partial charge on any atom is -0.383 e. The Morgan fingerprint density at radius 2 is 2.14 bits per heavy atom. The minimum absolute atomic E-state index is 0.0804. The van der Waals surface area contributed by atoms with Gasteiger partial charge in [-0.25, -0.2) is 9.97 Å². The van der Waals surface area contributed by atoms with Crippen LogP contribution in [-0.4, -0.2) is 49.7 Å². The number of rotatable bonds is 8. The van der Waals surface area contributed by atoms with Crippen LogP contribution in [0.4, 0.5) is 11.6 Å². The molecule has 1 aromatic rings. The second-order valence-corrected chi connectivity index (χ2v) is 4.92. The first-order valence-corrected chi connectivity index (χ1v) is 7.09. The quantitative estimate of drug-likeness (QED) is 0.679. The van der Waals surface area contributed by atoms with Crippen molar-refractivity contribution in [1.82, 2.24) is 15.3 Å². The molecule has 0 fully saturated rings. The molecule has 21 heavy (non-hydrogen) atoms. The zero-order chi connectivity index (χ0) is 15.8. The van der Waals surface area contributed by atoms with Crippen molar-refractivity contribution in [2.24, 2.45) is 0 Å². The smallest absolute Gasteiger partial charge is 0.239 e. The van der Waals surface area contributed by atoms with Gasteiger partial charge in [0.1, 0.15) is 17.5 Å². The van der Waals surface area contributed by atoms with Gasteiger partial charge in [0.2, 0.25) is 5.91 Å². The number of amides is 1. The van der Waals surface area contributed by atoms with Gasteiger partial charge in [-0.3, -0.25) is 4.79 Å². The highest BCUT2D eigenvalue weighted by Crippen LogP contribution is 2.20. The first-order valence-electron chi connectivity index (χ1n) is 7.09. The summed E-state index contributed by atoms with van der Waals surface area (Å²) in [5, 5.41) is 2.78. The lowest BCUT2D eigenvalue weighted by Gasteiger charge is -2.21. The molecule has 7 heteroatoms. The molecule has 0 aliphatic rings. The summed E-state index contributed by atoms with van der Waals surface area (Å²) in [6, 6.07) is 0. The van der Waals surface area contributed by atoms with Crippen LogP contribution in [0.5, 0.6) is 0 Å². The van der Waals surface area contributed by atoms with E-state index in [1.54, 1.807) is 12.0 Å². The maximum atomic E-state index is 11.8. The van der Waals surface area contributed by atoms with Crippen LogP contribution >= 0.6 is 0 Å². The van der Waals surface area contributed by atoms with Crippen LogP contribution in [0.1, 0.15) is 24.7 Å². The molecular weight excluding hydrogens is 270 g/mol. The SMILES string of the molecule is CCCc1nc(N)c(C)c(N(C)CC(=O)NCCOC)n1. The lowest BCUT2D eigenvalue weighted by atomic mass is 10.2. The van der Waals surface area contributed by atoms with Gasteiger partial charge in [0, 0.05) is 32.7 Å². The number of nitrogen functional groups attached to an aromatic ring is 1. The second-order valence-electron chi connectivity index (χ2n) is 4.92. The first-order chi connectivity index (χ1) is 9.99. The van der Waals surface area contributed by atoms with Crippen molar-refractivity contribution >= 4 is 17.5 Å². The van der Waals surface area contributed by atoms with Crippen LogP contribution in [0.15, 0.2) is 0 Å². The molecular formula is C14H25N5O2. The fraction of sp³-hybridized carbons (Fsp3) is 0.643. The fourth-order valence-corrected chi connectivity index (χ4v) is 1.91. The lowest BCUT2D eigenvalue weighted by Crippen LogP contribution is -2.37. The van der Waals surface area contributed by atoms with E-state index in [0.717, 1.165) is 18.4 Å². The number of nitrogens with one attached hydrogen (secondary N) is 1. The maximum absolute atomic E-state index is 11.8. The number of anilines is 2. The number of nitrogens with two attached hydrogens (primary N) is 1. The summed E-state index contributed by atoms with van der Waals surface area (Å²) >= 11 is 0. The number of hydrogen-bond donors (Lipinski definition) is 2. The van der Waals surface area contributed by atoms with E-state index < -0.39 is 0 Å². The van der Waals surface area contributed by atoms with Crippen LogP contribution in [-0.2, 0) is 16.0 Å². The predicted octanol–water partition coefficient (Wildman–Crippen LogP) is 0.519. The summed E-state index contributed by atoms with van der Waals surface area (Å²) < 4.78 is 4.89. The van der Waals surface area contributed by atoms with E-state index in [4.69, 9.17) is 10.5 Å². The highest BCUT2D eigenvalue weighted by Gasteiger charge is 2.14. The molecule has 0 saturated heterocycles. The van der Waals surface area contributed by atoms with Crippen LogP contribution in [0, 0.1) is 6.92 Å².